The molecule has 31 heavy (non-hydrogen) atoms. The molecule has 1 aromatic carbocycles. The Morgan fingerprint density at radius 1 is 1.19 bits per heavy atom. The van der Waals surface area contributed by atoms with Crippen molar-refractivity contribution in [2.45, 2.75) is 13.5 Å². The molecule has 3 rings (SSSR count). The van der Waals surface area contributed by atoms with E-state index in [0.717, 1.165) is 10.7 Å². The largest absolute Gasteiger partial charge is 0.415 e. The fraction of sp³-hybridized carbons (Fsp3) is 0.158. The SMILES string of the molecule is CNC(=O)c1cc(Cl)cc(C)c1NC(=O)c1cc(OC(F)F)nn1-c1ncccc1Cl. The van der Waals surface area contributed by atoms with E-state index in [1.54, 1.807) is 19.1 Å². The van der Waals surface area contributed by atoms with Crippen LogP contribution in [-0.2, 0) is 0 Å². The number of carbonyl (C=O) groups is 2. The Morgan fingerprint density at radius 2 is 1.94 bits per heavy atom. The molecule has 0 fully saturated rings. The monoisotopic (exact) mass is 469 g/mol. The van der Waals surface area contributed by atoms with Crippen LogP contribution in [0.15, 0.2) is 36.5 Å². The summed E-state index contributed by atoms with van der Waals surface area (Å²) in [5.41, 5.74) is 0.607. The number of ether oxygens (including phenoxy) is 1. The van der Waals surface area contributed by atoms with Gasteiger partial charge >= 0.3 is 6.61 Å². The molecule has 2 aromatic heterocycles. The van der Waals surface area contributed by atoms with Crippen molar-refractivity contribution in [2.24, 2.45) is 0 Å². The number of pyridine rings is 1. The molecule has 0 unspecified atom stereocenters. The lowest BCUT2D eigenvalue weighted by molar-refractivity contribution is -0.0530. The van der Waals surface area contributed by atoms with Crippen molar-refractivity contribution in [3.05, 3.63) is 63.4 Å². The van der Waals surface area contributed by atoms with Gasteiger partial charge in [-0.05, 0) is 36.8 Å². The number of hydrogen-bond donors (Lipinski definition) is 2. The van der Waals surface area contributed by atoms with Crippen LogP contribution in [0.25, 0.3) is 5.82 Å². The molecule has 0 saturated heterocycles. The molecule has 0 spiro atoms. The second kappa shape index (κ2) is 9.27. The third kappa shape index (κ3) is 4.92. The average Bonchev–Trinajstić information content (AvgIpc) is 3.12. The quantitative estimate of drug-likeness (QED) is 0.566. The highest BCUT2D eigenvalue weighted by molar-refractivity contribution is 6.32. The zero-order chi connectivity index (χ0) is 22.7. The number of amides is 2. The molecule has 3 aromatic rings. The molecule has 0 saturated carbocycles. The van der Waals surface area contributed by atoms with Crippen LogP contribution in [0.3, 0.4) is 0 Å². The number of anilines is 1. The molecule has 8 nitrogen and oxygen atoms in total. The Hall–Kier alpha value is -3.24. The van der Waals surface area contributed by atoms with Gasteiger partial charge in [0.15, 0.2) is 5.82 Å². The standard InChI is InChI=1S/C19H15Cl2F2N5O3/c1-9-6-10(20)7-11(17(29)24-2)15(9)26-18(30)13-8-14(31-19(22)23)27-28(13)16-12(21)4-3-5-25-16/h3-8,19H,1-2H3,(H,24,29)(H,26,30). The van der Waals surface area contributed by atoms with E-state index in [1.165, 1.54) is 25.4 Å². The molecule has 2 heterocycles. The summed E-state index contributed by atoms with van der Waals surface area (Å²) < 4.78 is 30.7. The first-order valence-corrected chi connectivity index (χ1v) is 9.46. The van der Waals surface area contributed by atoms with E-state index in [0.29, 0.717) is 10.6 Å². The van der Waals surface area contributed by atoms with E-state index in [9.17, 15) is 18.4 Å². The molecule has 0 aliphatic carbocycles. The molecule has 2 amide bonds. The van der Waals surface area contributed by atoms with Crippen LogP contribution < -0.4 is 15.4 Å². The minimum absolute atomic E-state index is 0.0257. The van der Waals surface area contributed by atoms with Crippen LogP contribution in [0.2, 0.25) is 10.0 Å². The van der Waals surface area contributed by atoms with Crippen molar-refractivity contribution in [3.63, 3.8) is 0 Å². The minimum Gasteiger partial charge on any atom is -0.415 e. The van der Waals surface area contributed by atoms with Gasteiger partial charge in [0, 0.05) is 24.3 Å². The lowest BCUT2D eigenvalue weighted by Gasteiger charge is -2.14. The van der Waals surface area contributed by atoms with E-state index >= 15 is 0 Å². The highest BCUT2D eigenvalue weighted by Gasteiger charge is 2.24. The lowest BCUT2D eigenvalue weighted by Crippen LogP contribution is -2.23. The predicted octanol–water partition coefficient (Wildman–Crippen LogP) is 4.10. The summed E-state index contributed by atoms with van der Waals surface area (Å²) in [6.45, 7) is -1.51. The summed E-state index contributed by atoms with van der Waals surface area (Å²) in [6, 6.07) is 7.01. The first-order valence-electron chi connectivity index (χ1n) is 8.70. The topological polar surface area (TPSA) is 98.1 Å². The first kappa shape index (κ1) is 22.4. The maximum Gasteiger partial charge on any atom is 0.388 e. The molecule has 0 radical (unpaired) electrons. The van der Waals surface area contributed by atoms with Crippen LogP contribution in [0.5, 0.6) is 5.88 Å². The summed E-state index contributed by atoms with van der Waals surface area (Å²) >= 11 is 12.2. The molecule has 162 valence electrons. The van der Waals surface area contributed by atoms with Crippen molar-refractivity contribution < 1.29 is 23.1 Å². The number of rotatable bonds is 6. The molecule has 0 aliphatic heterocycles. The zero-order valence-electron chi connectivity index (χ0n) is 16.1. The second-order valence-electron chi connectivity index (χ2n) is 6.15. The van der Waals surface area contributed by atoms with Gasteiger partial charge in [-0.2, -0.15) is 8.78 Å². The fourth-order valence-corrected chi connectivity index (χ4v) is 3.24. The van der Waals surface area contributed by atoms with Crippen LogP contribution in [0, 0.1) is 6.92 Å². The molecular weight excluding hydrogens is 455 g/mol. The number of hydrogen-bond acceptors (Lipinski definition) is 5. The van der Waals surface area contributed by atoms with Crippen molar-refractivity contribution in [3.8, 4) is 11.7 Å². The van der Waals surface area contributed by atoms with Gasteiger partial charge in [0.05, 0.1) is 16.3 Å². The van der Waals surface area contributed by atoms with E-state index in [4.69, 9.17) is 23.2 Å². The summed E-state index contributed by atoms with van der Waals surface area (Å²) in [7, 11) is 1.43. The van der Waals surface area contributed by atoms with Crippen LogP contribution >= 0.6 is 23.2 Å². The second-order valence-corrected chi connectivity index (χ2v) is 6.99. The van der Waals surface area contributed by atoms with E-state index < -0.39 is 24.3 Å². The number of nitrogens with one attached hydrogen (secondary N) is 2. The van der Waals surface area contributed by atoms with Gasteiger partial charge in [0.2, 0.25) is 5.88 Å². The summed E-state index contributed by atoms with van der Waals surface area (Å²) in [6.07, 6.45) is 1.39. The molecule has 0 atom stereocenters. The number of halogens is 4. The Morgan fingerprint density at radius 3 is 2.58 bits per heavy atom. The number of aryl methyl sites for hydroxylation is 1. The molecule has 12 heteroatoms. The minimum atomic E-state index is -3.16. The number of aromatic nitrogens is 3. The fourth-order valence-electron chi connectivity index (χ4n) is 2.77. The van der Waals surface area contributed by atoms with Crippen molar-refractivity contribution in [1.29, 1.82) is 0 Å². The number of nitrogens with zero attached hydrogens (tertiary/aromatic N) is 3. The summed E-state index contributed by atoms with van der Waals surface area (Å²) in [4.78, 5) is 29.4. The highest BCUT2D eigenvalue weighted by atomic mass is 35.5. The zero-order valence-corrected chi connectivity index (χ0v) is 17.6. The van der Waals surface area contributed by atoms with Gasteiger partial charge in [-0.3, -0.25) is 9.59 Å². The Balaban J connectivity index is 2.08. The normalized spacial score (nSPS) is 10.8. The van der Waals surface area contributed by atoms with E-state index in [-0.39, 0.29) is 27.8 Å². The maximum atomic E-state index is 13.1. The van der Waals surface area contributed by atoms with Gasteiger partial charge in [0.25, 0.3) is 11.8 Å². The number of alkyl halides is 2. The van der Waals surface area contributed by atoms with Crippen molar-refractivity contribution >= 4 is 40.7 Å². The number of benzene rings is 1. The van der Waals surface area contributed by atoms with Crippen molar-refractivity contribution in [2.75, 3.05) is 12.4 Å². The average molecular weight is 470 g/mol. The predicted molar refractivity (Wildman–Crippen MR) is 111 cm³/mol. The van der Waals surface area contributed by atoms with E-state index in [2.05, 4.69) is 25.5 Å². The molecule has 0 bridgehead atoms. The lowest BCUT2D eigenvalue weighted by atomic mass is 10.1. The Labute approximate surface area is 185 Å². The first-order chi connectivity index (χ1) is 14.7. The van der Waals surface area contributed by atoms with Gasteiger partial charge in [-0.15, -0.1) is 5.10 Å². The number of carbonyl (C=O) groups excluding carboxylic acids is 2. The third-order valence-corrected chi connectivity index (χ3v) is 4.59. The van der Waals surface area contributed by atoms with Gasteiger partial charge < -0.3 is 15.4 Å². The van der Waals surface area contributed by atoms with Crippen molar-refractivity contribution in [1.82, 2.24) is 20.1 Å². The highest BCUT2D eigenvalue weighted by Crippen LogP contribution is 2.28. The van der Waals surface area contributed by atoms with Gasteiger partial charge in [0.1, 0.15) is 5.69 Å². The summed E-state index contributed by atoms with van der Waals surface area (Å²) in [5.74, 6) is -1.74. The van der Waals surface area contributed by atoms with Crippen LogP contribution in [0.1, 0.15) is 26.4 Å². The maximum absolute atomic E-state index is 13.1. The van der Waals surface area contributed by atoms with Crippen LogP contribution in [-0.4, -0.2) is 40.2 Å². The van der Waals surface area contributed by atoms with E-state index in [1.807, 2.05) is 0 Å². The molecule has 2 N–H and O–H groups in total. The van der Waals surface area contributed by atoms with Crippen LogP contribution in [0.4, 0.5) is 14.5 Å². The molecule has 0 aliphatic rings. The van der Waals surface area contributed by atoms with Gasteiger partial charge in [-0.25, -0.2) is 9.67 Å². The smallest absolute Gasteiger partial charge is 0.388 e. The Bertz CT molecular complexity index is 1150. The third-order valence-electron chi connectivity index (χ3n) is 4.08. The Kier molecular flexibility index (Phi) is 6.71. The van der Waals surface area contributed by atoms with Gasteiger partial charge in [-0.1, -0.05) is 23.2 Å². The summed E-state index contributed by atoms with van der Waals surface area (Å²) in [5, 5.41) is 9.34. The molecular formula is C19H15Cl2F2N5O3.